The third kappa shape index (κ3) is 4.86. The van der Waals surface area contributed by atoms with Crippen LogP contribution in [-0.2, 0) is 17.6 Å². The van der Waals surface area contributed by atoms with Crippen molar-refractivity contribution in [3.63, 3.8) is 0 Å². The number of rotatable bonds is 6. The summed E-state index contributed by atoms with van der Waals surface area (Å²) in [5.41, 5.74) is 3.73. The van der Waals surface area contributed by atoms with E-state index in [1.54, 1.807) is 18.2 Å². The Morgan fingerprint density at radius 2 is 1.52 bits per heavy atom. The molecule has 4 rings (SSSR count). The standard InChI is InChI=1S/C25H21NO4S/c27-23-20-3-1-2-4-22(20)31-15-21(23)24(28)26-19-13-9-17(10-14-19)6-5-16-7-11-18(12-8-16)25(29)30/h1-4,7-14,21H,5-6,15H2,(H,26,28)(H,29,30). The van der Waals surface area contributed by atoms with E-state index in [9.17, 15) is 14.4 Å². The number of aromatic carboxylic acids is 1. The summed E-state index contributed by atoms with van der Waals surface area (Å²) in [5, 5.41) is 11.8. The molecule has 0 bridgehead atoms. The quantitative estimate of drug-likeness (QED) is 0.552. The van der Waals surface area contributed by atoms with E-state index in [-0.39, 0.29) is 17.3 Å². The number of nitrogens with one attached hydrogen (secondary N) is 1. The van der Waals surface area contributed by atoms with Crippen LogP contribution in [0.25, 0.3) is 0 Å². The van der Waals surface area contributed by atoms with Crippen LogP contribution >= 0.6 is 11.8 Å². The van der Waals surface area contributed by atoms with Gasteiger partial charge in [-0.2, -0.15) is 0 Å². The van der Waals surface area contributed by atoms with Gasteiger partial charge in [-0.3, -0.25) is 9.59 Å². The molecule has 0 radical (unpaired) electrons. The first-order valence-electron chi connectivity index (χ1n) is 9.99. The molecular formula is C25H21NO4S. The van der Waals surface area contributed by atoms with Crippen molar-refractivity contribution in [3.8, 4) is 0 Å². The van der Waals surface area contributed by atoms with E-state index in [1.165, 1.54) is 11.8 Å². The predicted octanol–water partition coefficient (Wildman–Crippen LogP) is 4.71. The molecule has 3 aromatic rings. The van der Waals surface area contributed by atoms with Gasteiger partial charge in [-0.05, 0) is 54.3 Å². The lowest BCUT2D eigenvalue weighted by Crippen LogP contribution is -2.34. The van der Waals surface area contributed by atoms with Crippen molar-refractivity contribution in [2.75, 3.05) is 11.1 Å². The van der Waals surface area contributed by atoms with Crippen LogP contribution < -0.4 is 5.32 Å². The van der Waals surface area contributed by atoms with Gasteiger partial charge >= 0.3 is 5.97 Å². The van der Waals surface area contributed by atoms with Crippen LogP contribution in [0.1, 0.15) is 31.8 Å². The number of carbonyl (C=O) groups excluding carboxylic acids is 2. The van der Waals surface area contributed by atoms with E-state index in [0.29, 0.717) is 17.0 Å². The van der Waals surface area contributed by atoms with Crippen molar-refractivity contribution in [1.29, 1.82) is 0 Å². The van der Waals surface area contributed by atoms with Crippen LogP contribution in [0, 0.1) is 5.92 Å². The fraction of sp³-hybridized carbons (Fsp3) is 0.160. The van der Waals surface area contributed by atoms with Crippen molar-refractivity contribution in [3.05, 3.63) is 95.1 Å². The third-order valence-electron chi connectivity index (χ3n) is 5.32. The molecule has 0 spiro atoms. The number of Topliss-reactive ketones (excluding diaryl/α,β-unsaturated/α-hetero) is 1. The maximum atomic E-state index is 12.7. The third-order valence-corrected chi connectivity index (χ3v) is 6.48. The highest BCUT2D eigenvalue weighted by molar-refractivity contribution is 7.99. The molecule has 0 aliphatic carbocycles. The Morgan fingerprint density at radius 1 is 0.903 bits per heavy atom. The molecule has 5 nitrogen and oxygen atoms in total. The maximum Gasteiger partial charge on any atom is 0.335 e. The van der Waals surface area contributed by atoms with Crippen LogP contribution in [0.15, 0.2) is 77.7 Å². The SMILES string of the molecule is O=C(O)c1ccc(CCc2ccc(NC(=O)C3CSc4ccccc4C3=O)cc2)cc1. The Labute approximate surface area is 184 Å². The zero-order chi connectivity index (χ0) is 21.8. The number of carboxylic acid groups (broad SMARTS) is 1. The summed E-state index contributed by atoms with van der Waals surface area (Å²) in [6.07, 6.45) is 1.59. The van der Waals surface area contributed by atoms with Crippen molar-refractivity contribution >= 4 is 35.1 Å². The summed E-state index contributed by atoms with van der Waals surface area (Å²) >= 11 is 1.53. The first-order chi connectivity index (χ1) is 15.0. The number of hydrogen-bond donors (Lipinski definition) is 2. The first kappa shape index (κ1) is 20.9. The van der Waals surface area contributed by atoms with Gasteiger partial charge in [0.15, 0.2) is 5.78 Å². The number of carboxylic acids is 1. The van der Waals surface area contributed by atoms with E-state index in [4.69, 9.17) is 5.11 Å². The van der Waals surface area contributed by atoms with Crippen LogP contribution in [-0.4, -0.2) is 28.5 Å². The molecular weight excluding hydrogens is 410 g/mol. The van der Waals surface area contributed by atoms with Gasteiger partial charge in [-0.25, -0.2) is 4.79 Å². The Balaban J connectivity index is 1.34. The molecule has 1 unspecified atom stereocenters. The average Bonchev–Trinajstić information content (AvgIpc) is 2.79. The van der Waals surface area contributed by atoms with Gasteiger partial charge in [0.1, 0.15) is 5.92 Å². The number of benzene rings is 3. The van der Waals surface area contributed by atoms with E-state index in [2.05, 4.69) is 5.32 Å². The summed E-state index contributed by atoms with van der Waals surface area (Å²) in [4.78, 5) is 37.2. The molecule has 1 heterocycles. The van der Waals surface area contributed by atoms with Gasteiger partial charge < -0.3 is 10.4 Å². The molecule has 31 heavy (non-hydrogen) atoms. The number of amides is 1. The summed E-state index contributed by atoms with van der Waals surface area (Å²) < 4.78 is 0. The van der Waals surface area contributed by atoms with Crippen molar-refractivity contribution < 1.29 is 19.5 Å². The average molecular weight is 432 g/mol. The number of anilines is 1. The first-order valence-corrected chi connectivity index (χ1v) is 11.0. The lowest BCUT2D eigenvalue weighted by molar-refractivity contribution is -0.118. The number of ketones is 1. The predicted molar refractivity (Wildman–Crippen MR) is 121 cm³/mol. The highest BCUT2D eigenvalue weighted by Gasteiger charge is 2.33. The van der Waals surface area contributed by atoms with Gasteiger partial charge in [-0.1, -0.05) is 42.5 Å². The zero-order valence-corrected chi connectivity index (χ0v) is 17.5. The maximum absolute atomic E-state index is 12.7. The smallest absolute Gasteiger partial charge is 0.335 e. The Bertz CT molecular complexity index is 1120. The molecule has 2 N–H and O–H groups in total. The van der Waals surface area contributed by atoms with Crippen LogP contribution in [0.4, 0.5) is 5.69 Å². The molecule has 156 valence electrons. The topological polar surface area (TPSA) is 83.5 Å². The normalized spacial score (nSPS) is 15.2. The van der Waals surface area contributed by atoms with Crippen molar-refractivity contribution in [2.24, 2.45) is 5.92 Å². The zero-order valence-electron chi connectivity index (χ0n) is 16.7. The lowest BCUT2D eigenvalue weighted by Gasteiger charge is -2.22. The molecule has 0 saturated carbocycles. The van der Waals surface area contributed by atoms with E-state index < -0.39 is 11.9 Å². The van der Waals surface area contributed by atoms with Crippen LogP contribution in [0.5, 0.6) is 0 Å². The number of aryl methyl sites for hydroxylation is 2. The number of thioether (sulfide) groups is 1. The Kier molecular flexibility index (Phi) is 6.18. The molecule has 6 heteroatoms. The molecule has 0 saturated heterocycles. The highest BCUT2D eigenvalue weighted by Crippen LogP contribution is 2.33. The van der Waals surface area contributed by atoms with Gasteiger partial charge in [0.2, 0.25) is 5.91 Å². The number of hydrogen-bond acceptors (Lipinski definition) is 4. The molecule has 1 aliphatic heterocycles. The number of fused-ring (bicyclic) bond motifs is 1. The molecule has 1 atom stereocenters. The van der Waals surface area contributed by atoms with E-state index >= 15 is 0 Å². The summed E-state index contributed by atoms with van der Waals surface area (Å²) in [6, 6.07) is 21.9. The second kappa shape index (κ2) is 9.18. The van der Waals surface area contributed by atoms with E-state index in [0.717, 1.165) is 28.9 Å². The molecule has 1 aliphatic rings. The lowest BCUT2D eigenvalue weighted by atomic mass is 9.97. The Hall–Kier alpha value is -3.38. The molecule has 3 aromatic carbocycles. The van der Waals surface area contributed by atoms with Gasteiger partial charge in [0.05, 0.1) is 5.56 Å². The molecule has 0 aromatic heterocycles. The molecule has 0 fully saturated rings. The second-order valence-electron chi connectivity index (χ2n) is 7.41. The summed E-state index contributed by atoms with van der Waals surface area (Å²) in [5.74, 6) is -1.58. The fourth-order valence-electron chi connectivity index (χ4n) is 3.51. The monoisotopic (exact) mass is 431 g/mol. The minimum atomic E-state index is -0.929. The van der Waals surface area contributed by atoms with Crippen molar-refractivity contribution in [2.45, 2.75) is 17.7 Å². The summed E-state index contributed by atoms with van der Waals surface area (Å²) in [6.45, 7) is 0. The Morgan fingerprint density at radius 3 is 2.16 bits per heavy atom. The van der Waals surface area contributed by atoms with E-state index in [1.807, 2.05) is 54.6 Å². The van der Waals surface area contributed by atoms with Gasteiger partial charge in [0, 0.05) is 21.9 Å². The highest BCUT2D eigenvalue weighted by atomic mass is 32.2. The largest absolute Gasteiger partial charge is 0.478 e. The minimum Gasteiger partial charge on any atom is -0.478 e. The second-order valence-corrected chi connectivity index (χ2v) is 8.47. The fourth-order valence-corrected chi connectivity index (χ4v) is 4.66. The number of carbonyl (C=O) groups is 3. The molecule has 1 amide bonds. The van der Waals surface area contributed by atoms with Gasteiger partial charge in [-0.15, -0.1) is 11.8 Å². The van der Waals surface area contributed by atoms with Gasteiger partial charge in [0.25, 0.3) is 0 Å². The summed E-state index contributed by atoms with van der Waals surface area (Å²) in [7, 11) is 0. The minimum absolute atomic E-state index is 0.127. The van der Waals surface area contributed by atoms with Crippen molar-refractivity contribution in [1.82, 2.24) is 0 Å². The van der Waals surface area contributed by atoms with Crippen LogP contribution in [0.3, 0.4) is 0 Å². The van der Waals surface area contributed by atoms with Crippen LogP contribution in [0.2, 0.25) is 0 Å².